The number of esters is 1. The number of pyridine rings is 1. The first-order chi connectivity index (χ1) is 11.6. The lowest BCUT2D eigenvalue weighted by Crippen LogP contribution is -2.03. The predicted octanol–water partition coefficient (Wildman–Crippen LogP) is 5.59. The fourth-order valence-electron chi connectivity index (χ4n) is 2.49. The van der Waals surface area contributed by atoms with E-state index in [0.29, 0.717) is 22.3 Å². The van der Waals surface area contributed by atoms with Crippen molar-refractivity contribution in [2.24, 2.45) is 0 Å². The summed E-state index contributed by atoms with van der Waals surface area (Å²) in [5.74, 6) is -0.358. The molecular weight excluding hydrogens is 345 g/mol. The summed E-state index contributed by atoms with van der Waals surface area (Å²) in [7, 11) is 0. The fraction of sp³-hybridized carbons (Fsp3) is 0.105. The molecule has 2 aromatic heterocycles. The number of aromatic nitrogens is 1. The Morgan fingerprint density at radius 3 is 2.58 bits per heavy atom. The highest BCUT2D eigenvalue weighted by atomic mass is 35.5. The van der Waals surface area contributed by atoms with Crippen molar-refractivity contribution in [3.8, 4) is 0 Å². The lowest BCUT2D eigenvalue weighted by molar-refractivity contribution is 0.0529. The van der Waals surface area contributed by atoms with E-state index in [2.05, 4.69) is 0 Å². The van der Waals surface area contributed by atoms with Crippen molar-refractivity contribution in [2.45, 2.75) is 6.92 Å². The molecule has 0 saturated carbocycles. The van der Waals surface area contributed by atoms with E-state index in [4.69, 9.17) is 27.9 Å². The van der Waals surface area contributed by atoms with Crippen LogP contribution in [-0.2, 0) is 4.74 Å². The van der Waals surface area contributed by atoms with Crippen LogP contribution in [0.2, 0.25) is 10.2 Å². The standard InChI is InChI=1S/C19H15Cl2NO2/c1-2-24-19(23)16-12-15(22-17(16)4-3-5-18(22)21)11-8-13-6-9-14(20)10-7-13/h3-12H,2H2,1H3/b11-8+. The summed E-state index contributed by atoms with van der Waals surface area (Å²) >= 11 is 12.2. The van der Waals surface area contributed by atoms with Gasteiger partial charge >= 0.3 is 5.97 Å². The van der Waals surface area contributed by atoms with E-state index < -0.39 is 0 Å². The first-order valence-electron chi connectivity index (χ1n) is 7.51. The summed E-state index contributed by atoms with van der Waals surface area (Å²) in [6, 6.07) is 14.7. The largest absolute Gasteiger partial charge is 0.462 e. The van der Waals surface area contributed by atoms with Crippen LogP contribution >= 0.6 is 23.2 Å². The molecule has 3 nitrogen and oxygen atoms in total. The molecule has 0 aliphatic heterocycles. The summed E-state index contributed by atoms with van der Waals surface area (Å²) in [6.45, 7) is 2.11. The molecule has 0 N–H and O–H groups in total. The molecule has 0 amide bonds. The van der Waals surface area contributed by atoms with Crippen molar-refractivity contribution in [3.63, 3.8) is 0 Å². The lowest BCUT2D eigenvalue weighted by Gasteiger charge is -2.03. The van der Waals surface area contributed by atoms with E-state index in [0.717, 1.165) is 16.8 Å². The van der Waals surface area contributed by atoms with Crippen molar-refractivity contribution < 1.29 is 9.53 Å². The Morgan fingerprint density at radius 2 is 1.88 bits per heavy atom. The van der Waals surface area contributed by atoms with Gasteiger partial charge in [-0.3, -0.25) is 4.40 Å². The number of fused-ring (bicyclic) bond motifs is 1. The molecule has 5 heteroatoms. The van der Waals surface area contributed by atoms with Crippen LogP contribution in [0.4, 0.5) is 0 Å². The Bertz CT molecular complexity index is 911. The summed E-state index contributed by atoms with van der Waals surface area (Å²) in [5.41, 5.74) is 3.01. The van der Waals surface area contributed by atoms with Gasteiger partial charge in [0, 0.05) is 10.7 Å². The monoisotopic (exact) mass is 359 g/mol. The minimum Gasteiger partial charge on any atom is -0.462 e. The molecule has 24 heavy (non-hydrogen) atoms. The molecule has 0 aliphatic rings. The molecule has 0 spiro atoms. The third-order valence-corrected chi connectivity index (χ3v) is 4.13. The molecule has 2 heterocycles. The van der Waals surface area contributed by atoms with E-state index in [1.807, 2.05) is 53.0 Å². The highest BCUT2D eigenvalue weighted by molar-refractivity contribution is 6.30. The second kappa shape index (κ2) is 7.12. The number of ether oxygens (including phenoxy) is 1. The molecule has 0 saturated heterocycles. The summed E-state index contributed by atoms with van der Waals surface area (Å²) in [4.78, 5) is 12.2. The molecule has 3 aromatic rings. The van der Waals surface area contributed by atoms with E-state index >= 15 is 0 Å². The Kier molecular flexibility index (Phi) is 4.93. The summed E-state index contributed by atoms with van der Waals surface area (Å²) in [5, 5.41) is 1.21. The number of hydrogen-bond donors (Lipinski definition) is 0. The average molecular weight is 360 g/mol. The molecule has 3 rings (SSSR count). The third kappa shape index (κ3) is 3.32. The smallest absolute Gasteiger partial charge is 0.340 e. The second-order valence-corrected chi connectivity index (χ2v) is 5.98. The average Bonchev–Trinajstić information content (AvgIpc) is 2.95. The topological polar surface area (TPSA) is 30.7 Å². The van der Waals surface area contributed by atoms with Crippen molar-refractivity contribution in [2.75, 3.05) is 6.61 Å². The van der Waals surface area contributed by atoms with E-state index in [-0.39, 0.29) is 5.97 Å². The minimum absolute atomic E-state index is 0.326. The SMILES string of the molecule is CCOC(=O)c1cc(/C=C/c2ccc(Cl)cc2)n2c(Cl)cccc12. The van der Waals surface area contributed by atoms with Gasteiger partial charge in [0.1, 0.15) is 5.15 Å². The molecule has 0 radical (unpaired) electrons. The van der Waals surface area contributed by atoms with Gasteiger partial charge in [-0.25, -0.2) is 4.79 Å². The van der Waals surface area contributed by atoms with Gasteiger partial charge in [-0.15, -0.1) is 0 Å². The Labute approximate surface area is 150 Å². The molecule has 0 unspecified atom stereocenters. The number of hydrogen-bond acceptors (Lipinski definition) is 2. The second-order valence-electron chi connectivity index (χ2n) is 5.16. The number of benzene rings is 1. The van der Waals surface area contributed by atoms with Gasteiger partial charge in [-0.05, 0) is 48.9 Å². The van der Waals surface area contributed by atoms with Gasteiger partial charge < -0.3 is 4.74 Å². The molecular formula is C19H15Cl2NO2. The maximum atomic E-state index is 12.2. The maximum absolute atomic E-state index is 12.2. The summed E-state index contributed by atoms with van der Waals surface area (Å²) < 4.78 is 6.95. The molecule has 1 aromatic carbocycles. The number of carbonyl (C=O) groups excluding carboxylic acids is 1. The molecule has 122 valence electrons. The Hall–Kier alpha value is -2.23. The fourth-order valence-corrected chi connectivity index (χ4v) is 2.88. The van der Waals surface area contributed by atoms with E-state index in [1.165, 1.54) is 0 Å². The van der Waals surface area contributed by atoms with Gasteiger partial charge in [0.2, 0.25) is 0 Å². The number of halogens is 2. The predicted molar refractivity (Wildman–Crippen MR) is 98.7 cm³/mol. The number of nitrogens with zero attached hydrogens (tertiary/aromatic N) is 1. The van der Waals surface area contributed by atoms with Crippen molar-refractivity contribution in [3.05, 3.63) is 75.5 Å². The highest BCUT2D eigenvalue weighted by Gasteiger charge is 2.16. The molecule has 0 aliphatic carbocycles. The first kappa shape index (κ1) is 16.6. The van der Waals surface area contributed by atoms with Crippen molar-refractivity contribution in [1.82, 2.24) is 4.40 Å². The van der Waals surface area contributed by atoms with E-state index in [9.17, 15) is 4.79 Å². The molecule has 0 fully saturated rings. The van der Waals surface area contributed by atoms with Crippen LogP contribution in [0.3, 0.4) is 0 Å². The third-order valence-electron chi connectivity index (χ3n) is 3.58. The normalized spacial score (nSPS) is 11.3. The highest BCUT2D eigenvalue weighted by Crippen LogP contribution is 2.24. The molecule has 0 atom stereocenters. The van der Waals surface area contributed by atoms with Gasteiger partial charge in [-0.2, -0.15) is 0 Å². The number of carbonyl (C=O) groups is 1. The Morgan fingerprint density at radius 1 is 1.12 bits per heavy atom. The van der Waals surface area contributed by atoms with Gasteiger partial charge in [-0.1, -0.05) is 47.5 Å². The number of rotatable bonds is 4. The van der Waals surface area contributed by atoms with Crippen LogP contribution in [0.15, 0.2) is 48.5 Å². The zero-order chi connectivity index (χ0) is 17.1. The van der Waals surface area contributed by atoms with Crippen molar-refractivity contribution >= 4 is 46.8 Å². The van der Waals surface area contributed by atoms with Crippen LogP contribution in [0.5, 0.6) is 0 Å². The van der Waals surface area contributed by atoms with E-state index in [1.54, 1.807) is 19.1 Å². The zero-order valence-corrected chi connectivity index (χ0v) is 14.5. The molecule has 0 bridgehead atoms. The van der Waals surface area contributed by atoms with Crippen LogP contribution in [0.25, 0.3) is 17.7 Å². The van der Waals surface area contributed by atoms with Crippen molar-refractivity contribution in [1.29, 1.82) is 0 Å². The van der Waals surface area contributed by atoms with Gasteiger partial charge in [0.15, 0.2) is 0 Å². The van der Waals surface area contributed by atoms with Crippen LogP contribution in [0, 0.1) is 0 Å². The zero-order valence-electron chi connectivity index (χ0n) is 13.0. The first-order valence-corrected chi connectivity index (χ1v) is 8.26. The van der Waals surface area contributed by atoms with Gasteiger partial charge in [0.05, 0.1) is 17.7 Å². The van der Waals surface area contributed by atoms with Crippen LogP contribution < -0.4 is 0 Å². The van der Waals surface area contributed by atoms with Crippen LogP contribution in [0.1, 0.15) is 28.5 Å². The van der Waals surface area contributed by atoms with Crippen LogP contribution in [-0.4, -0.2) is 17.0 Å². The minimum atomic E-state index is -0.358. The lowest BCUT2D eigenvalue weighted by atomic mass is 10.2. The Balaban J connectivity index is 2.07. The summed E-state index contributed by atoms with van der Waals surface area (Å²) in [6.07, 6.45) is 3.85. The quantitative estimate of drug-likeness (QED) is 0.448. The maximum Gasteiger partial charge on any atom is 0.340 e. The van der Waals surface area contributed by atoms with Gasteiger partial charge in [0.25, 0.3) is 0 Å².